The summed E-state index contributed by atoms with van der Waals surface area (Å²) in [5, 5.41) is 12.4. The Morgan fingerprint density at radius 2 is 2.22 bits per heavy atom. The number of nitrogens with one attached hydrogen (secondary N) is 2. The molecule has 2 heterocycles. The van der Waals surface area contributed by atoms with Gasteiger partial charge in [-0.2, -0.15) is 0 Å². The van der Waals surface area contributed by atoms with E-state index in [1.54, 1.807) is 0 Å². The number of rotatable bonds is 2. The number of hydrogen-bond acceptors (Lipinski definition) is 2. The average molecular weight is 248 g/mol. The van der Waals surface area contributed by atoms with Crippen LogP contribution in [0.5, 0.6) is 0 Å². The molecule has 98 valence electrons. The molecule has 3 rings (SSSR count). The highest BCUT2D eigenvalue weighted by molar-refractivity contribution is 5.73. The zero-order valence-electron chi connectivity index (χ0n) is 10.7. The van der Waals surface area contributed by atoms with Gasteiger partial charge in [-0.1, -0.05) is 6.92 Å². The summed E-state index contributed by atoms with van der Waals surface area (Å²) in [4.78, 5) is 14.5. The first-order valence-corrected chi connectivity index (χ1v) is 6.83. The summed E-state index contributed by atoms with van der Waals surface area (Å²) in [6, 6.07) is -0.168. The topological polar surface area (TPSA) is 65.1 Å². The third kappa shape index (κ3) is 1.94. The number of hydrogen-bond donors (Lipinski definition) is 3. The van der Waals surface area contributed by atoms with Gasteiger partial charge in [0, 0.05) is 17.9 Å². The smallest absolute Gasteiger partial charge is 0.320 e. The van der Waals surface area contributed by atoms with Crippen LogP contribution in [-0.2, 0) is 17.6 Å². The second-order valence-electron chi connectivity index (χ2n) is 5.76. The molecule has 1 aromatic heterocycles. The zero-order chi connectivity index (χ0) is 12.7. The van der Waals surface area contributed by atoms with E-state index in [4.69, 9.17) is 5.11 Å². The largest absolute Gasteiger partial charge is 0.480 e. The van der Waals surface area contributed by atoms with Gasteiger partial charge in [-0.05, 0) is 49.1 Å². The summed E-state index contributed by atoms with van der Waals surface area (Å²) in [6.45, 7) is 2.27. The van der Waals surface area contributed by atoms with Gasteiger partial charge in [-0.3, -0.25) is 10.1 Å². The van der Waals surface area contributed by atoms with Gasteiger partial charge in [0.15, 0.2) is 0 Å². The summed E-state index contributed by atoms with van der Waals surface area (Å²) in [5.74, 6) is -0.00897. The van der Waals surface area contributed by atoms with Crippen molar-refractivity contribution in [1.82, 2.24) is 10.3 Å². The number of carbonyl (C=O) groups is 1. The van der Waals surface area contributed by atoms with Gasteiger partial charge in [-0.15, -0.1) is 0 Å². The fraction of sp³-hybridized carbons (Fsp3) is 0.643. The molecule has 4 heteroatoms. The summed E-state index contributed by atoms with van der Waals surface area (Å²) in [7, 11) is 0. The fourth-order valence-corrected chi connectivity index (χ4v) is 3.39. The first kappa shape index (κ1) is 11.8. The van der Waals surface area contributed by atoms with Gasteiger partial charge < -0.3 is 10.1 Å². The maximum atomic E-state index is 11.1. The van der Waals surface area contributed by atoms with Crippen LogP contribution in [0.25, 0.3) is 0 Å². The van der Waals surface area contributed by atoms with Crippen LogP contribution in [0.4, 0.5) is 0 Å². The van der Waals surface area contributed by atoms with E-state index in [1.807, 2.05) is 0 Å². The van der Waals surface area contributed by atoms with Crippen LogP contribution in [0, 0.1) is 5.92 Å². The predicted octanol–water partition coefficient (Wildman–Crippen LogP) is 2.02. The van der Waals surface area contributed by atoms with E-state index in [0.717, 1.165) is 32.1 Å². The number of H-pyrrole nitrogens is 1. The van der Waals surface area contributed by atoms with Gasteiger partial charge in [0.05, 0.1) is 0 Å². The molecule has 18 heavy (non-hydrogen) atoms. The summed E-state index contributed by atoms with van der Waals surface area (Å²) in [6.07, 6.45) is 7.12. The van der Waals surface area contributed by atoms with Crippen LogP contribution >= 0.6 is 0 Å². The van der Waals surface area contributed by atoms with Crippen molar-refractivity contribution in [3.05, 3.63) is 23.0 Å². The standard InChI is InChI=1S/C14H20N2O2/c1-8-5-9-10(7-15-13(9)6-8)11-3-2-4-12(16-11)14(17)18/h7-8,11-12,15-16H,2-6H2,1H3,(H,17,18). The molecule has 0 radical (unpaired) electrons. The Morgan fingerprint density at radius 3 is 3.00 bits per heavy atom. The molecular weight excluding hydrogens is 228 g/mol. The molecule has 3 atom stereocenters. The molecule has 2 aliphatic rings. The van der Waals surface area contributed by atoms with E-state index in [-0.39, 0.29) is 12.1 Å². The Balaban J connectivity index is 1.81. The number of fused-ring (bicyclic) bond motifs is 1. The Bertz CT molecular complexity index is 466. The molecule has 0 aromatic carbocycles. The molecule has 1 aliphatic heterocycles. The van der Waals surface area contributed by atoms with Gasteiger partial charge >= 0.3 is 5.97 Å². The van der Waals surface area contributed by atoms with E-state index in [0.29, 0.717) is 5.92 Å². The Kier molecular flexibility index (Phi) is 2.90. The third-order valence-corrected chi connectivity index (χ3v) is 4.28. The van der Waals surface area contributed by atoms with Crippen LogP contribution in [0.1, 0.15) is 49.0 Å². The lowest BCUT2D eigenvalue weighted by atomic mass is 9.92. The molecule has 3 N–H and O–H groups in total. The fourth-order valence-electron chi connectivity index (χ4n) is 3.39. The van der Waals surface area contributed by atoms with Crippen LogP contribution in [-0.4, -0.2) is 22.1 Å². The molecule has 3 unspecified atom stereocenters. The highest BCUT2D eigenvalue weighted by atomic mass is 16.4. The number of aliphatic carboxylic acids is 1. The minimum atomic E-state index is -0.722. The lowest BCUT2D eigenvalue weighted by Crippen LogP contribution is -2.42. The first-order chi connectivity index (χ1) is 8.65. The SMILES string of the molecule is CC1Cc2[nH]cc(C3CCCC(C(=O)O)N3)c2C1. The summed E-state index contributed by atoms with van der Waals surface area (Å²) < 4.78 is 0. The summed E-state index contributed by atoms with van der Waals surface area (Å²) in [5.41, 5.74) is 4.10. The monoisotopic (exact) mass is 248 g/mol. The minimum absolute atomic E-state index is 0.213. The van der Waals surface area contributed by atoms with E-state index in [9.17, 15) is 4.79 Å². The third-order valence-electron chi connectivity index (χ3n) is 4.28. The Morgan fingerprint density at radius 1 is 1.39 bits per heavy atom. The van der Waals surface area contributed by atoms with Crippen molar-refractivity contribution in [2.45, 2.75) is 51.1 Å². The van der Waals surface area contributed by atoms with E-state index in [1.165, 1.54) is 16.8 Å². The molecule has 1 aliphatic carbocycles. The number of aromatic amines is 1. The van der Waals surface area contributed by atoms with Crippen molar-refractivity contribution in [3.63, 3.8) is 0 Å². The number of piperidine rings is 1. The molecular formula is C14H20N2O2. The second-order valence-corrected chi connectivity index (χ2v) is 5.76. The molecule has 1 aromatic rings. The highest BCUT2D eigenvalue weighted by Crippen LogP contribution is 2.35. The lowest BCUT2D eigenvalue weighted by Gasteiger charge is -2.29. The number of carboxylic acid groups (broad SMARTS) is 1. The molecule has 1 fully saturated rings. The molecule has 4 nitrogen and oxygen atoms in total. The molecule has 0 amide bonds. The van der Waals surface area contributed by atoms with Crippen molar-refractivity contribution >= 4 is 5.97 Å². The molecule has 0 bridgehead atoms. The second kappa shape index (κ2) is 4.43. The first-order valence-electron chi connectivity index (χ1n) is 6.83. The van der Waals surface area contributed by atoms with E-state index in [2.05, 4.69) is 23.4 Å². The van der Waals surface area contributed by atoms with Crippen molar-refractivity contribution in [3.8, 4) is 0 Å². The molecule has 0 spiro atoms. The van der Waals surface area contributed by atoms with E-state index < -0.39 is 5.97 Å². The normalized spacial score (nSPS) is 31.3. The van der Waals surface area contributed by atoms with E-state index >= 15 is 0 Å². The van der Waals surface area contributed by atoms with Gasteiger partial charge in [0.2, 0.25) is 0 Å². The maximum Gasteiger partial charge on any atom is 0.320 e. The summed E-state index contributed by atoms with van der Waals surface area (Å²) >= 11 is 0. The van der Waals surface area contributed by atoms with Crippen LogP contribution < -0.4 is 5.32 Å². The van der Waals surface area contributed by atoms with Crippen molar-refractivity contribution in [2.24, 2.45) is 5.92 Å². The van der Waals surface area contributed by atoms with Crippen molar-refractivity contribution in [2.75, 3.05) is 0 Å². The predicted molar refractivity (Wildman–Crippen MR) is 68.5 cm³/mol. The molecule has 1 saturated heterocycles. The Labute approximate surface area is 107 Å². The van der Waals surface area contributed by atoms with Crippen molar-refractivity contribution in [1.29, 1.82) is 0 Å². The van der Waals surface area contributed by atoms with Gasteiger partial charge in [-0.25, -0.2) is 0 Å². The van der Waals surface area contributed by atoms with Crippen LogP contribution in [0.15, 0.2) is 6.20 Å². The van der Waals surface area contributed by atoms with Gasteiger partial charge in [0.1, 0.15) is 6.04 Å². The zero-order valence-corrected chi connectivity index (χ0v) is 10.7. The van der Waals surface area contributed by atoms with Crippen molar-refractivity contribution < 1.29 is 9.90 Å². The average Bonchev–Trinajstić information content (AvgIpc) is 2.87. The number of carboxylic acids is 1. The minimum Gasteiger partial charge on any atom is -0.480 e. The quantitative estimate of drug-likeness (QED) is 0.750. The van der Waals surface area contributed by atoms with Crippen LogP contribution in [0.3, 0.4) is 0 Å². The molecule has 0 saturated carbocycles. The number of aromatic nitrogens is 1. The maximum absolute atomic E-state index is 11.1. The van der Waals surface area contributed by atoms with Gasteiger partial charge in [0.25, 0.3) is 0 Å². The highest BCUT2D eigenvalue weighted by Gasteiger charge is 2.31. The lowest BCUT2D eigenvalue weighted by molar-refractivity contribution is -0.140. The Hall–Kier alpha value is -1.29. The van der Waals surface area contributed by atoms with Crippen LogP contribution in [0.2, 0.25) is 0 Å².